The summed E-state index contributed by atoms with van der Waals surface area (Å²) in [5.74, 6) is -0.178. The van der Waals surface area contributed by atoms with E-state index in [0.29, 0.717) is 6.42 Å². The minimum absolute atomic E-state index is 0.268. The second kappa shape index (κ2) is 17.3. The number of ether oxygens (including phenoxy) is 1. The summed E-state index contributed by atoms with van der Waals surface area (Å²) >= 11 is 0. The van der Waals surface area contributed by atoms with E-state index in [1.807, 2.05) is 0 Å². The van der Waals surface area contributed by atoms with Gasteiger partial charge in [0.2, 0.25) is 0 Å². The highest BCUT2D eigenvalue weighted by molar-refractivity contribution is 5.95. The minimum Gasteiger partial charge on any atom is -0.390 e. The highest BCUT2D eigenvalue weighted by Crippen LogP contribution is 2.14. The third kappa shape index (κ3) is 17.7. The van der Waals surface area contributed by atoms with Gasteiger partial charge in [-0.05, 0) is 19.3 Å². The zero-order valence-electron chi connectivity index (χ0n) is 17.6. The third-order valence-corrected chi connectivity index (χ3v) is 4.72. The van der Waals surface area contributed by atoms with Crippen LogP contribution in [0.5, 0.6) is 0 Å². The van der Waals surface area contributed by atoms with Gasteiger partial charge in [-0.2, -0.15) is 0 Å². The Bertz CT molecular complexity index is 385. The molecule has 3 heteroatoms. The molecule has 0 atom stereocenters. The van der Waals surface area contributed by atoms with Gasteiger partial charge in [-0.3, -0.25) is 4.79 Å². The third-order valence-electron chi connectivity index (χ3n) is 4.72. The number of rotatable bonds is 17. The fourth-order valence-corrected chi connectivity index (χ4v) is 3.01. The van der Waals surface area contributed by atoms with Crippen LogP contribution in [0.1, 0.15) is 117 Å². The van der Waals surface area contributed by atoms with Gasteiger partial charge in [-0.25, -0.2) is 4.79 Å². The van der Waals surface area contributed by atoms with E-state index in [4.69, 9.17) is 0 Å². The fraction of sp³-hybridized carbons (Fsp3) is 0.826. The Kier molecular flexibility index (Phi) is 16.6. The molecule has 0 bridgehead atoms. The Morgan fingerprint density at radius 1 is 0.731 bits per heavy atom. The van der Waals surface area contributed by atoms with Crippen molar-refractivity contribution in [1.29, 1.82) is 0 Å². The molecule has 0 heterocycles. The van der Waals surface area contributed by atoms with Gasteiger partial charge in [0, 0.05) is 12.0 Å². The van der Waals surface area contributed by atoms with Crippen molar-refractivity contribution in [2.24, 2.45) is 5.92 Å². The van der Waals surface area contributed by atoms with Crippen LogP contribution in [-0.4, -0.2) is 11.9 Å². The first-order valence-corrected chi connectivity index (χ1v) is 10.8. The summed E-state index contributed by atoms with van der Waals surface area (Å²) in [6.07, 6.45) is 18.4. The van der Waals surface area contributed by atoms with E-state index in [2.05, 4.69) is 25.2 Å². The molecule has 0 rings (SSSR count). The lowest BCUT2D eigenvalue weighted by atomic mass is 10.0. The highest BCUT2D eigenvalue weighted by Gasteiger charge is 2.10. The maximum Gasteiger partial charge on any atom is 0.340 e. The monoisotopic (exact) mass is 366 g/mol. The van der Waals surface area contributed by atoms with Crippen LogP contribution in [0.25, 0.3) is 0 Å². The van der Waals surface area contributed by atoms with Crippen molar-refractivity contribution in [3.05, 3.63) is 12.2 Å². The molecule has 0 amide bonds. The van der Waals surface area contributed by atoms with E-state index in [0.717, 1.165) is 25.2 Å². The summed E-state index contributed by atoms with van der Waals surface area (Å²) in [5, 5.41) is 0. The molecule has 0 spiro atoms. The first-order chi connectivity index (χ1) is 12.4. The van der Waals surface area contributed by atoms with Crippen molar-refractivity contribution in [2.45, 2.75) is 117 Å². The van der Waals surface area contributed by atoms with E-state index in [9.17, 15) is 9.59 Å². The Labute approximate surface area is 162 Å². The zero-order chi connectivity index (χ0) is 19.6. The first kappa shape index (κ1) is 24.9. The van der Waals surface area contributed by atoms with E-state index >= 15 is 0 Å². The van der Waals surface area contributed by atoms with Crippen molar-refractivity contribution in [1.82, 2.24) is 0 Å². The molecule has 0 aliphatic heterocycles. The molecular formula is C23H42O3. The molecule has 0 saturated heterocycles. The smallest absolute Gasteiger partial charge is 0.340 e. The Morgan fingerprint density at radius 3 is 1.50 bits per heavy atom. The summed E-state index contributed by atoms with van der Waals surface area (Å²) in [6, 6.07) is 0. The largest absolute Gasteiger partial charge is 0.390 e. The normalized spacial score (nSPS) is 10.9. The van der Waals surface area contributed by atoms with Gasteiger partial charge in [0.25, 0.3) is 0 Å². The predicted octanol–water partition coefficient (Wildman–Crippen LogP) is 7.14. The van der Waals surface area contributed by atoms with Gasteiger partial charge in [0.1, 0.15) is 0 Å². The number of unbranched alkanes of at least 4 members (excludes halogenated alkanes) is 12. The number of carbonyl (C=O) groups excluding carboxylic acids is 2. The summed E-state index contributed by atoms with van der Waals surface area (Å²) in [6.45, 7) is 9.62. The Balaban J connectivity index is 3.21. The van der Waals surface area contributed by atoms with Crippen molar-refractivity contribution in [3.8, 4) is 0 Å². The average Bonchev–Trinajstić information content (AvgIpc) is 2.57. The molecule has 0 fully saturated rings. The second-order valence-electron chi connectivity index (χ2n) is 8.07. The molecule has 0 N–H and O–H groups in total. The molecule has 0 unspecified atom stereocenters. The quantitative estimate of drug-likeness (QED) is 0.119. The molecular weight excluding hydrogens is 324 g/mol. The number of carbonyl (C=O) groups is 2. The van der Waals surface area contributed by atoms with Gasteiger partial charge >= 0.3 is 11.9 Å². The van der Waals surface area contributed by atoms with Crippen LogP contribution in [0.4, 0.5) is 0 Å². The highest BCUT2D eigenvalue weighted by atomic mass is 16.6. The summed E-state index contributed by atoms with van der Waals surface area (Å²) in [4.78, 5) is 22.6. The maximum atomic E-state index is 11.4. The van der Waals surface area contributed by atoms with Crippen LogP contribution in [-0.2, 0) is 14.3 Å². The zero-order valence-corrected chi connectivity index (χ0v) is 17.6. The summed E-state index contributed by atoms with van der Waals surface area (Å²) < 4.78 is 4.66. The van der Waals surface area contributed by atoms with Gasteiger partial charge in [-0.15, -0.1) is 0 Å². The summed E-state index contributed by atoms with van der Waals surface area (Å²) in [7, 11) is 0. The van der Waals surface area contributed by atoms with Crippen molar-refractivity contribution < 1.29 is 14.3 Å². The molecule has 0 aromatic heterocycles. The van der Waals surface area contributed by atoms with Crippen LogP contribution < -0.4 is 0 Å². The van der Waals surface area contributed by atoms with Crippen molar-refractivity contribution in [3.63, 3.8) is 0 Å². The molecule has 0 radical (unpaired) electrons. The predicted molar refractivity (Wildman–Crippen MR) is 110 cm³/mol. The Morgan fingerprint density at radius 2 is 1.12 bits per heavy atom. The van der Waals surface area contributed by atoms with Gasteiger partial charge in [-0.1, -0.05) is 104 Å². The van der Waals surface area contributed by atoms with Crippen molar-refractivity contribution >= 4 is 11.9 Å². The standard InChI is InChI=1S/C23H42O3/c1-20(2)18-16-14-12-10-8-6-5-7-9-11-13-15-17-19-22(24)26-23(25)21(3)4/h20H,3,5-19H2,1-2,4H3. The molecule has 0 aromatic carbocycles. The van der Waals surface area contributed by atoms with Gasteiger partial charge < -0.3 is 4.74 Å². The van der Waals surface area contributed by atoms with E-state index in [1.165, 1.54) is 70.6 Å². The summed E-state index contributed by atoms with van der Waals surface area (Å²) in [5.41, 5.74) is 0.268. The van der Waals surface area contributed by atoms with Crippen LogP contribution >= 0.6 is 0 Å². The molecule has 0 aromatic rings. The molecule has 0 aliphatic rings. The van der Waals surface area contributed by atoms with Gasteiger partial charge in [0.15, 0.2) is 0 Å². The average molecular weight is 367 g/mol. The van der Waals surface area contributed by atoms with E-state index < -0.39 is 11.9 Å². The maximum absolute atomic E-state index is 11.4. The van der Waals surface area contributed by atoms with Crippen molar-refractivity contribution in [2.75, 3.05) is 0 Å². The van der Waals surface area contributed by atoms with Crippen LogP contribution in [0, 0.1) is 5.92 Å². The van der Waals surface area contributed by atoms with Gasteiger partial charge in [0.05, 0.1) is 0 Å². The fourth-order valence-electron chi connectivity index (χ4n) is 3.01. The van der Waals surface area contributed by atoms with Crippen LogP contribution in [0.3, 0.4) is 0 Å². The molecule has 26 heavy (non-hydrogen) atoms. The molecule has 0 saturated carbocycles. The lowest BCUT2D eigenvalue weighted by Crippen LogP contribution is -2.12. The lowest BCUT2D eigenvalue weighted by molar-refractivity contribution is -0.156. The van der Waals surface area contributed by atoms with Crippen LogP contribution in [0.15, 0.2) is 12.2 Å². The Hall–Kier alpha value is -1.12. The minimum atomic E-state index is -0.606. The first-order valence-electron chi connectivity index (χ1n) is 10.8. The topological polar surface area (TPSA) is 43.4 Å². The molecule has 0 aliphatic carbocycles. The number of esters is 2. The molecule has 152 valence electrons. The number of hydrogen-bond donors (Lipinski definition) is 0. The second-order valence-corrected chi connectivity index (χ2v) is 8.07. The van der Waals surface area contributed by atoms with E-state index in [1.54, 1.807) is 6.92 Å². The lowest BCUT2D eigenvalue weighted by Gasteiger charge is -2.05. The SMILES string of the molecule is C=C(C)C(=O)OC(=O)CCCCCCCCCCCCCCCC(C)C. The number of hydrogen-bond acceptors (Lipinski definition) is 3. The van der Waals surface area contributed by atoms with E-state index in [-0.39, 0.29) is 5.57 Å². The van der Waals surface area contributed by atoms with Crippen LogP contribution in [0.2, 0.25) is 0 Å². The molecule has 3 nitrogen and oxygen atoms in total.